The summed E-state index contributed by atoms with van der Waals surface area (Å²) in [5.74, 6) is 1.83. The number of nitrogens with one attached hydrogen (secondary N) is 1. The van der Waals surface area contributed by atoms with Crippen LogP contribution in [0.2, 0.25) is 0 Å². The van der Waals surface area contributed by atoms with Gasteiger partial charge in [-0.2, -0.15) is 13.8 Å². The van der Waals surface area contributed by atoms with Gasteiger partial charge in [0, 0.05) is 31.0 Å². The highest BCUT2D eigenvalue weighted by atomic mass is 19.3. The van der Waals surface area contributed by atoms with E-state index in [0.717, 1.165) is 37.1 Å². The van der Waals surface area contributed by atoms with E-state index in [1.165, 1.54) is 12.1 Å². The molecule has 7 nitrogen and oxygen atoms in total. The second-order valence-corrected chi connectivity index (χ2v) is 6.74. The summed E-state index contributed by atoms with van der Waals surface area (Å²) in [4.78, 5) is 15.5. The van der Waals surface area contributed by atoms with Gasteiger partial charge in [0.05, 0.1) is 7.11 Å². The number of aromatic nitrogens is 3. The summed E-state index contributed by atoms with van der Waals surface area (Å²) in [6, 6.07) is 10.0. The standard InChI is InChI=1S/C21H21F2N5O2/c1-29-19-17(26-18-8-9-24-21(27-18)28-10-2-3-11-28)12-15(13-25-19)14-4-6-16(7-5-14)30-20(22)23/h4-9,12-13,20H,2-3,10-11H2,1H3,(H,24,26,27). The minimum Gasteiger partial charge on any atom is -0.480 e. The third-order valence-electron chi connectivity index (χ3n) is 4.75. The Hall–Kier alpha value is -3.49. The van der Waals surface area contributed by atoms with E-state index in [-0.39, 0.29) is 5.75 Å². The van der Waals surface area contributed by atoms with Gasteiger partial charge >= 0.3 is 6.61 Å². The summed E-state index contributed by atoms with van der Waals surface area (Å²) >= 11 is 0. The Balaban J connectivity index is 1.58. The van der Waals surface area contributed by atoms with Crippen molar-refractivity contribution in [1.29, 1.82) is 0 Å². The van der Waals surface area contributed by atoms with Gasteiger partial charge in [0.15, 0.2) is 0 Å². The van der Waals surface area contributed by atoms with Crippen LogP contribution in [0.15, 0.2) is 48.8 Å². The summed E-state index contributed by atoms with van der Waals surface area (Å²) in [5.41, 5.74) is 2.22. The SMILES string of the molecule is COc1ncc(-c2ccc(OC(F)F)cc2)cc1Nc1ccnc(N2CCCC2)n1. The zero-order valence-electron chi connectivity index (χ0n) is 16.4. The molecule has 3 aromatic rings. The number of anilines is 3. The Morgan fingerprint density at radius 1 is 1.03 bits per heavy atom. The number of ether oxygens (including phenoxy) is 2. The molecule has 1 N–H and O–H groups in total. The molecule has 2 aromatic heterocycles. The van der Waals surface area contributed by atoms with Crippen LogP contribution in [-0.4, -0.2) is 41.8 Å². The van der Waals surface area contributed by atoms with Crippen molar-refractivity contribution >= 4 is 17.5 Å². The fraction of sp³-hybridized carbons (Fsp3) is 0.286. The van der Waals surface area contributed by atoms with E-state index >= 15 is 0 Å². The predicted octanol–water partition coefficient (Wildman–Crippen LogP) is 4.49. The van der Waals surface area contributed by atoms with Crippen molar-refractivity contribution in [3.05, 3.63) is 48.8 Å². The maximum atomic E-state index is 12.3. The molecular weight excluding hydrogens is 392 g/mol. The highest BCUT2D eigenvalue weighted by molar-refractivity contribution is 5.72. The average molecular weight is 413 g/mol. The van der Waals surface area contributed by atoms with E-state index in [1.54, 1.807) is 37.7 Å². The van der Waals surface area contributed by atoms with E-state index in [4.69, 9.17) is 4.74 Å². The average Bonchev–Trinajstić information content (AvgIpc) is 3.29. The van der Waals surface area contributed by atoms with Gasteiger partial charge in [-0.3, -0.25) is 0 Å². The van der Waals surface area contributed by atoms with Gasteiger partial charge in [-0.15, -0.1) is 0 Å². The quantitative estimate of drug-likeness (QED) is 0.612. The van der Waals surface area contributed by atoms with Crippen LogP contribution in [0.4, 0.5) is 26.2 Å². The molecule has 1 saturated heterocycles. The van der Waals surface area contributed by atoms with E-state index in [0.29, 0.717) is 23.3 Å². The maximum Gasteiger partial charge on any atom is 0.387 e. The molecule has 0 aliphatic carbocycles. The Kier molecular flexibility index (Phi) is 5.87. The van der Waals surface area contributed by atoms with Gasteiger partial charge in [-0.1, -0.05) is 12.1 Å². The Labute approximate surface area is 172 Å². The molecule has 1 aliphatic rings. The fourth-order valence-electron chi connectivity index (χ4n) is 3.32. The molecule has 4 rings (SSSR count). The van der Waals surface area contributed by atoms with Crippen LogP contribution in [-0.2, 0) is 0 Å². The normalized spacial score (nSPS) is 13.5. The zero-order valence-corrected chi connectivity index (χ0v) is 16.4. The summed E-state index contributed by atoms with van der Waals surface area (Å²) in [7, 11) is 1.54. The molecule has 0 spiro atoms. The third kappa shape index (κ3) is 4.56. The molecule has 0 amide bonds. The number of hydrogen-bond donors (Lipinski definition) is 1. The molecule has 1 aliphatic heterocycles. The predicted molar refractivity (Wildman–Crippen MR) is 110 cm³/mol. The first-order valence-corrected chi connectivity index (χ1v) is 9.56. The maximum absolute atomic E-state index is 12.3. The van der Waals surface area contributed by atoms with Crippen molar-refractivity contribution in [3.8, 4) is 22.8 Å². The lowest BCUT2D eigenvalue weighted by molar-refractivity contribution is -0.0498. The zero-order chi connectivity index (χ0) is 20.9. The molecule has 3 heterocycles. The topological polar surface area (TPSA) is 72.4 Å². The van der Waals surface area contributed by atoms with Gasteiger partial charge in [0.25, 0.3) is 0 Å². The number of rotatable bonds is 7. The molecule has 0 bridgehead atoms. The van der Waals surface area contributed by atoms with Crippen LogP contribution in [0, 0.1) is 0 Å². The fourth-order valence-corrected chi connectivity index (χ4v) is 3.32. The van der Waals surface area contributed by atoms with Gasteiger partial charge in [0.1, 0.15) is 17.3 Å². The molecular formula is C21H21F2N5O2. The van der Waals surface area contributed by atoms with Crippen LogP contribution in [0.3, 0.4) is 0 Å². The lowest BCUT2D eigenvalue weighted by atomic mass is 10.1. The molecule has 1 fully saturated rings. The molecule has 0 radical (unpaired) electrons. The van der Waals surface area contributed by atoms with Gasteiger partial charge in [-0.25, -0.2) is 9.97 Å². The van der Waals surface area contributed by atoms with Crippen molar-refractivity contribution in [2.75, 3.05) is 30.4 Å². The largest absolute Gasteiger partial charge is 0.480 e. The molecule has 0 unspecified atom stereocenters. The summed E-state index contributed by atoms with van der Waals surface area (Å²) in [5, 5.41) is 3.25. The number of halogens is 2. The lowest BCUT2D eigenvalue weighted by Gasteiger charge is -2.16. The molecule has 156 valence electrons. The molecule has 9 heteroatoms. The number of pyridine rings is 1. The lowest BCUT2D eigenvalue weighted by Crippen LogP contribution is -2.20. The number of alkyl halides is 2. The van der Waals surface area contributed by atoms with Crippen LogP contribution < -0.4 is 19.7 Å². The van der Waals surface area contributed by atoms with E-state index in [9.17, 15) is 8.78 Å². The highest BCUT2D eigenvalue weighted by Gasteiger charge is 2.16. The second-order valence-electron chi connectivity index (χ2n) is 6.74. The van der Waals surface area contributed by atoms with Gasteiger partial charge in [-0.05, 0) is 42.7 Å². The van der Waals surface area contributed by atoms with E-state index < -0.39 is 6.61 Å². The van der Waals surface area contributed by atoms with Crippen molar-refractivity contribution in [2.24, 2.45) is 0 Å². The van der Waals surface area contributed by atoms with Crippen LogP contribution >= 0.6 is 0 Å². The molecule has 1 aromatic carbocycles. The van der Waals surface area contributed by atoms with Gasteiger partial charge < -0.3 is 19.7 Å². The van der Waals surface area contributed by atoms with E-state index in [1.807, 2.05) is 6.07 Å². The number of benzene rings is 1. The monoisotopic (exact) mass is 413 g/mol. The second kappa shape index (κ2) is 8.89. The number of hydrogen-bond acceptors (Lipinski definition) is 7. The first kappa shape index (κ1) is 19.8. The first-order valence-electron chi connectivity index (χ1n) is 9.56. The Bertz CT molecular complexity index is 995. The summed E-state index contributed by atoms with van der Waals surface area (Å²) in [6.07, 6.45) is 5.65. The van der Waals surface area contributed by atoms with Crippen LogP contribution in [0.5, 0.6) is 11.6 Å². The minimum atomic E-state index is -2.85. The van der Waals surface area contributed by atoms with Crippen molar-refractivity contribution in [3.63, 3.8) is 0 Å². The van der Waals surface area contributed by atoms with Gasteiger partial charge in [0.2, 0.25) is 11.8 Å². The smallest absolute Gasteiger partial charge is 0.387 e. The minimum absolute atomic E-state index is 0.101. The van der Waals surface area contributed by atoms with Crippen molar-refractivity contribution < 1.29 is 18.3 Å². The Morgan fingerprint density at radius 3 is 2.50 bits per heavy atom. The molecule has 0 atom stereocenters. The number of methoxy groups -OCH3 is 1. The first-order chi connectivity index (χ1) is 14.6. The molecule has 0 saturated carbocycles. The van der Waals surface area contributed by atoms with Crippen LogP contribution in [0.25, 0.3) is 11.1 Å². The summed E-state index contributed by atoms with van der Waals surface area (Å²) < 4.78 is 34.5. The van der Waals surface area contributed by atoms with Crippen molar-refractivity contribution in [1.82, 2.24) is 15.0 Å². The Morgan fingerprint density at radius 2 is 1.80 bits per heavy atom. The third-order valence-corrected chi connectivity index (χ3v) is 4.75. The summed E-state index contributed by atoms with van der Waals surface area (Å²) in [6.45, 7) is -0.947. The van der Waals surface area contributed by atoms with Crippen LogP contribution in [0.1, 0.15) is 12.8 Å². The van der Waals surface area contributed by atoms with E-state index in [2.05, 4.69) is 29.9 Å². The van der Waals surface area contributed by atoms with Crippen molar-refractivity contribution in [2.45, 2.75) is 19.5 Å². The highest BCUT2D eigenvalue weighted by Crippen LogP contribution is 2.31. The molecule has 30 heavy (non-hydrogen) atoms. The number of nitrogens with zero attached hydrogens (tertiary/aromatic N) is 4.